The van der Waals surface area contributed by atoms with E-state index < -0.39 is 4.92 Å². The van der Waals surface area contributed by atoms with Gasteiger partial charge in [-0.1, -0.05) is 12.1 Å². The molecule has 1 aliphatic rings. The van der Waals surface area contributed by atoms with Gasteiger partial charge in [0.25, 0.3) is 11.6 Å². The van der Waals surface area contributed by atoms with Gasteiger partial charge >= 0.3 is 5.69 Å². The minimum Gasteiger partial charge on any atom is -0.338 e. The number of carbonyl (C=O) groups is 1. The highest BCUT2D eigenvalue weighted by molar-refractivity contribution is 5.94. The van der Waals surface area contributed by atoms with Crippen LogP contribution in [0.1, 0.15) is 34.8 Å². The van der Waals surface area contributed by atoms with E-state index in [0.29, 0.717) is 37.1 Å². The van der Waals surface area contributed by atoms with Gasteiger partial charge < -0.3 is 9.88 Å². The summed E-state index contributed by atoms with van der Waals surface area (Å²) in [7, 11) is 0. The van der Waals surface area contributed by atoms with Crippen molar-refractivity contribution < 1.29 is 9.72 Å². The van der Waals surface area contributed by atoms with E-state index in [1.807, 2.05) is 24.3 Å². The number of hydrogen-bond acceptors (Lipinski definition) is 4. The van der Waals surface area contributed by atoms with Crippen LogP contribution in [0.2, 0.25) is 0 Å². The largest absolute Gasteiger partial charge is 0.338 e. The second-order valence-electron chi connectivity index (χ2n) is 7.10. The Morgan fingerprint density at radius 2 is 1.89 bits per heavy atom. The molecule has 8 nitrogen and oxygen atoms in total. The molecule has 0 bridgehead atoms. The molecule has 0 unspecified atom stereocenters. The van der Waals surface area contributed by atoms with Crippen LogP contribution in [0.3, 0.4) is 0 Å². The Balaban J connectivity index is 1.50. The van der Waals surface area contributed by atoms with Crippen molar-refractivity contribution in [2.24, 2.45) is 0 Å². The average Bonchev–Trinajstić information content (AvgIpc) is 3.03. The molecule has 1 N–H and O–H groups in total. The van der Waals surface area contributed by atoms with E-state index in [4.69, 9.17) is 0 Å². The third-order valence-electron chi connectivity index (χ3n) is 5.38. The van der Waals surface area contributed by atoms with E-state index >= 15 is 0 Å². The summed E-state index contributed by atoms with van der Waals surface area (Å²) in [6, 6.07) is 12.1. The van der Waals surface area contributed by atoms with Crippen LogP contribution in [0, 0.1) is 17.0 Å². The number of amides is 1. The fourth-order valence-electron chi connectivity index (χ4n) is 3.94. The Morgan fingerprint density at radius 3 is 2.57 bits per heavy atom. The first-order chi connectivity index (χ1) is 13.5. The molecular weight excluding hydrogens is 360 g/mol. The second-order valence-corrected chi connectivity index (χ2v) is 7.10. The molecule has 1 saturated heterocycles. The topological polar surface area (TPSA) is 101 Å². The molecular formula is C20H20N4O4. The number of fused-ring (bicyclic) bond motifs is 1. The number of likely N-dealkylation sites (tertiary alicyclic amines) is 1. The number of imidazole rings is 1. The zero-order valence-electron chi connectivity index (χ0n) is 15.4. The predicted octanol–water partition coefficient (Wildman–Crippen LogP) is 3.02. The lowest BCUT2D eigenvalue weighted by atomic mass is 10.0. The van der Waals surface area contributed by atoms with Gasteiger partial charge in [0, 0.05) is 36.3 Å². The van der Waals surface area contributed by atoms with Crippen molar-refractivity contribution in [1.29, 1.82) is 0 Å². The maximum Gasteiger partial charge on any atom is 0.326 e. The smallest absolute Gasteiger partial charge is 0.326 e. The van der Waals surface area contributed by atoms with Crippen LogP contribution in [0.25, 0.3) is 11.0 Å². The quantitative estimate of drug-likeness (QED) is 0.557. The zero-order chi connectivity index (χ0) is 19.8. The summed E-state index contributed by atoms with van der Waals surface area (Å²) in [4.78, 5) is 40.3. The molecule has 0 atom stereocenters. The van der Waals surface area contributed by atoms with Gasteiger partial charge in [-0.15, -0.1) is 0 Å². The predicted molar refractivity (Wildman–Crippen MR) is 105 cm³/mol. The van der Waals surface area contributed by atoms with E-state index in [9.17, 15) is 19.7 Å². The lowest BCUT2D eigenvalue weighted by Gasteiger charge is -2.32. The number of H-pyrrole nitrogens is 1. The number of nitro benzene ring substituents is 1. The number of aryl methyl sites for hydroxylation is 1. The number of benzene rings is 2. The first-order valence-electron chi connectivity index (χ1n) is 9.19. The summed E-state index contributed by atoms with van der Waals surface area (Å²) in [5, 5.41) is 11.0. The molecule has 1 amide bonds. The van der Waals surface area contributed by atoms with Gasteiger partial charge in [-0.2, -0.15) is 0 Å². The molecule has 4 rings (SSSR count). The molecule has 0 spiro atoms. The van der Waals surface area contributed by atoms with E-state index in [1.165, 1.54) is 12.1 Å². The third-order valence-corrected chi connectivity index (χ3v) is 5.38. The average molecular weight is 380 g/mol. The van der Waals surface area contributed by atoms with Crippen LogP contribution in [0.4, 0.5) is 5.69 Å². The monoisotopic (exact) mass is 380 g/mol. The van der Waals surface area contributed by atoms with E-state index in [1.54, 1.807) is 22.5 Å². The molecule has 1 aliphatic heterocycles. The summed E-state index contributed by atoms with van der Waals surface area (Å²) in [5.41, 5.74) is 2.49. The van der Waals surface area contributed by atoms with Crippen molar-refractivity contribution in [2.45, 2.75) is 25.8 Å². The second kappa shape index (κ2) is 6.95. The lowest BCUT2D eigenvalue weighted by Crippen LogP contribution is -2.40. The first-order valence-corrected chi connectivity index (χ1v) is 9.19. The van der Waals surface area contributed by atoms with E-state index in [2.05, 4.69) is 4.98 Å². The van der Waals surface area contributed by atoms with E-state index in [-0.39, 0.29) is 23.3 Å². The van der Waals surface area contributed by atoms with Gasteiger partial charge in [0.05, 0.1) is 16.0 Å². The summed E-state index contributed by atoms with van der Waals surface area (Å²) in [5.74, 6) is -0.136. The number of para-hydroxylation sites is 2. The van der Waals surface area contributed by atoms with Crippen LogP contribution in [-0.4, -0.2) is 38.4 Å². The highest BCUT2D eigenvalue weighted by Gasteiger charge is 2.27. The van der Waals surface area contributed by atoms with Crippen molar-refractivity contribution >= 4 is 22.6 Å². The van der Waals surface area contributed by atoms with Crippen LogP contribution in [0.15, 0.2) is 47.3 Å². The van der Waals surface area contributed by atoms with Gasteiger partial charge in [0.15, 0.2) is 0 Å². The van der Waals surface area contributed by atoms with E-state index in [0.717, 1.165) is 11.0 Å². The number of nitrogens with zero attached hydrogens (tertiary/aromatic N) is 3. The maximum absolute atomic E-state index is 12.8. The number of piperidine rings is 1. The number of hydrogen-bond donors (Lipinski definition) is 1. The number of rotatable bonds is 3. The number of aromatic nitrogens is 2. The van der Waals surface area contributed by atoms with Gasteiger partial charge in [-0.3, -0.25) is 19.5 Å². The molecule has 28 heavy (non-hydrogen) atoms. The lowest BCUT2D eigenvalue weighted by molar-refractivity contribution is -0.385. The molecule has 2 aromatic carbocycles. The first kappa shape index (κ1) is 18.0. The number of nitro groups is 1. The molecule has 144 valence electrons. The van der Waals surface area contributed by atoms with Crippen molar-refractivity contribution in [1.82, 2.24) is 14.5 Å². The minimum atomic E-state index is -0.450. The molecule has 0 saturated carbocycles. The summed E-state index contributed by atoms with van der Waals surface area (Å²) >= 11 is 0. The van der Waals surface area contributed by atoms with Crippen molar-refractivity contribution in [3.63, 3.8) is 0 Å². The van der Waals surface area contributed by atoms with Crippen LogP contribution in [-0.2, 0) is 0 Å². The van der Waals surface area contributed by atoms with Crippen LogP contribution < -0.4 is 5.69 Å². The minimum absolute atomic E-state index is 0.00830. The van der Waals surface area contributed by atoms with Gasteiger partial charge in [0.2, 0.25) is 0 Å². The van der Waals surface area contributed by atoms with Crippen LogP contribution >= 0.6 is 0 Å². The zero-order valence-corrected chi connectivity index (χ0v) is 15.4. The number of carbonyl (C=O) groups excluding carboxylic acids is 1. The van der Waals surface area contributed by atoms with Gasteiger partial charge in [0.1, 0.15) is 0 Å². The maximum atomic E-state index is 12.8. The Bertz CT molecular complexity index is 1120. The van der Waals surface area contributed by atoms with Gasteiger partial charge in [-0.05, 0) is 44.0 Å². The molecule has 1 aromatic heterocycles. The van der Waals surface area contributed by atoms with Crippen molar-refractivity contribution in [3.05, 3.63) is 74.2 Å². The SMILES string of the molecule is Cc1cc(C(=O)N2CCC(n3c(=O)[nH]c4ccccc43)CC2)ccc1[N+](=O)[O-]. The molecule has 1 fully saturated rings. The number of aromatic amines is 1. The standard InChI is InChI=1S/C20H20N4O4/c1-13-12-14(6-7-17(13)24(27)28)19(25)22-10-8-15(9-11-22)23-18-5-3-2-4-16(18)21-20(23)26/h2-7,12,15H,8-11H2,1H3,(H,21,26). The molecule has 0 aliphatic carbocycles. The van der Waals surface area contributed by atoms with Crippen molar-refractivity contribution in [2.75, 3.05) is 13.1 Å². The number of nitrogens with one attached hydrogen (secondary N) is 1. The molecule has 0 radical (unpaired) electrons. The molecule has 2 heterocycles. The summed E-state index contributed by atoms with van der Waals surface area (Å²) in [6.45, 7) is 2.70. The molecule has 3 aromatic rings. The van der Waals surface area contributed by atoms with Crippen molar-refractivity contribution in [3.8, 4) is 0 Å². The third kappa shape index (κ3) is 3.06. The highest BCUT2D eigenvalue weighted by Crippen LogP contribution is 2.26. The molecule has 8 heteroatoms. The van der Waals surface area contributed by atoms with Gasteiger partial charge in [-0.25, -0.2) is 4.79 Å². The Morgan fingerprint density at radius 1 is 1.18 bits per heavy atom. The Kier molecular flexibility index (Phi) is 4.46. The summed E-state index contributed by atoms with van der Waals surface area (Å²) < 4.78 is 1.78. The fourth-order valence-corrected chi connectivity index (χ4v) is 3.94. The summed E-state index contributed by atoms with van der Waals surface area (Å²) in [6.07, 6.45) is 1.36. The van der Waals surface area contributed by atoms with Crippen LogP contribution in [0.5, 0.6) is 0 Å². The Labute approximate surface area is 160 Å². The fraction of sp³-hybridized carbons (Fsp3) is 0.300. The highest BCUT2D eigenvalue weighted by atomic mass is 16.6. The Hall–Kier alpha value is -3.42. The normalized spacial score (nSPS) is 15.1.